The van der Waals surface area contributed by atoms with Crippen molar-refractivity contribution in [1.29, 1.82) is 0 Å². The van der Waals surface area contributed by atoms with Crippen LogP contribution < -0.4 is 16.0 Å². The second kappa shape index (κ2) is 13.7. The molecule has 1 aromatic carbocycles. The van der Waals surface area contributed by atoms with Crippen LogP contribution in [-0.2, 0) is 24.2 Å². The van der Waals surface area contributed by atoms with Crippen molar-refractivity contribution >= 4 is 47.2 Å². The summed E-state index contributed by atoms with van der Waals surface area (Å²) < 4.78 is 5.57. The number of nitrogens with zero attached hydrogens (tertiary/aromatic N) is 1. The molecule has 1 aliphatic heterocycles. The van der Waals surface area contributed by atoms with Gasteiger partial charge in [0.25, 0.3) is 5.91 Å². The van der Waals surface area contributed by atoms with Crippen molar-refractivity contribution in [3.63, 3.8) is 0 Å². The maximum atomic E-state index is 12.5. The smallest absolute Gasteiger partial charge is 0.251 e. The Bertz CT molecular complexity index is 850. The van der Waals surface area contributed by atoms with Crippen molar-refractivity contribution < 1.29 is 9.53 Å². The van der Waals surface area contributed by atoms with Crippen LogP contribution in [0.3, 0.4) is 0 Å². The zero-order chi connectivity index (χ0) is 21.2. The Morgan fingerprint density at radius 3 is 2.71 bits per heavy atom. The Hall–Kier alpha value is -1.65. The van der Waals surface area contributed by atoms with Crippen LogP contribution >= 0.6 is 35.3 Å². The molecule has 0 radical (unpaired) electrons. The molecule has 1 saturated heterocycles. The van der Waals surface area contributed by atoms with Crippen molar-refractivity contribution in [3.05, 3.63) is 57.3 Å². The van der Waals surface area contributed by atoms with Gasteiger partial charge in [-0.2, -0.15) is 0 Å². The summed E-state index contributed by atoms with van der Waals surface area (Å²) in [6, 6.07) is 12.0. The first-order valence-electron chi connectivity index (χ1n) is 10.8. The molecule has 1 aliphatic rings. The van der Waals surface area contributed by atoms with Gasteiger partial charge < -0.3 is 20.7 Å². The average Bonchev–Trinajstić information content (AvgIpc) is 3.46. The highest BCUT2D eigenvalue weighted by Gasteiger charge is 2.16. The summed E-state index contributed by atoms with van der Waals surface area (Å²) in [6.45, 7) is 7.64. The fourth-order valence-corrected chi connectivity index (χ4v) is 4.21. The number of guanidine groups is 1. The van der Waals surface area contributed by atoms with Crippen LogP contribution in [0.15, 0.2) is 41.4 Å². The molecule has 8 heteroatoms. The molecule has 3 N–H and O–H groups in total. The van der Waals surface area contributed by atoms with E-state index >= 15 is 0 Å². The zero-order valence-electron chi connectivity index (χ0n) is 18.3. The van der Waals surface area contributed by atoms with Gasteiger partial charge in [0.05, 0.1) is 19.2 Å². The number of thiophene rings is 1. The third kappa shape index (κ3) is 8.42. The lowest BCUT2D eigenvalue weighted by Crippen LogP contribution is -2.36. The molecule has 1 unspecified atom stereocenters. The summed E-state index contributed by atoms with van der Waals surface area (Å²) in [6.07, 6.45) is 3.30. The Morgan fingerprint density at radius 1 is 1.16 bits per heavy atom. The molecule has 3 rings (SSSR count). The highest BCUT2D eigenvalue weighted by atomic mass is 127. The number of ether oxygens (including phenoxy) is 1. The zero-order valence-corrected chi connectivity index (χ0v) is 21.4. The molecule has 1 atom stereocenters. The fraction of sp³-hybridized carbons (Fsp3) is 0.478. The number of benzene rings is 1. The van der Waals surface area contributed by atoms with E-state index in [1.54, 1.807) is 0 Å². The summed E-state index contributed by atoms with van der Waals surface area (Å²) in [4.78, 5) is 19.8. The lowest BCUT2D eigenvalue weighted by Gasteiger charge is -2.12. The maximum Gasteiger partial charge on any atom is 0.251 e. The average molecular weight is 557 g/mol. The quantitative estimate of drug-likeness (QED) is 0.247. The van der Waals surface area contributed by atoms with Crippen LogP contribution in [0.1, 0.15) is 52.4 Å². The first kappa shape index (κ1) is 25.6. The molecule has 0 bridgehead atoms. The molecule has 1 fully saturated rings. The van der Waals surface area contributed by atoms with Gasteiger partial charge in [0.2, 0.25) is 0 Å². The monoisotopic (exact) mass is 556 g/mol. The van der Waals surface area contributed by atoms with Crippen molar-refractivity contribution in [2.45, 2.75) is 52.3 Å². The van der Waals surface area contributed by atoms with E-state index in [2.05, 4.69) is 46.9 Å². The number of amides is 1. The molecule has 2 heterocycles. The third-order valence-electron chi connectivity index (χ3n) is 4.96. The van der Waals surface area contributed by atoms with E-state index in [4.69, 9.17) is 4.74 Å². The van der Waals surface area contributed by atoms with E-state index in [-0.39, 0.29) is 36.0 Å². The number of carbonyl (C=O) groups excluding carboxylic acids is 1. The number of hydrogen-bond acceptors (Lipinski definition) is 4. The minimum atomic E-state index is -0.0641. The number of hydrogen-bond donors (Lipinski definition) is 3. The van der Waals surface area contributed by atoms with Gasteiger partial charge >= 0.3 is 0 Å². The molecular formula is C23H33IN4O2S. The predicted octanol–water partition coefficient (Wildman–Crippen LogP) is 4.09. The molecule has 0 aliphatic carbocycles. The van der Waals surface area contributed by atoms with Gasteiger partial charge in [-0.05, 0) is 56.0 Å². The van der Waals surface area contributed by atoms with Crippen molar-refractivity contribution in [2.24, 2.45) is 4.99 Å². The Balaban J connectivity index is 0.00000341. The van der Waals surface area contributed by atoms with Crippen LogP contribution in [0.2, 0.25) is 0 Å². The van der Waals surface area contributed by atoms with E-state index in [0.29, 0.717) is 18.7 Å². The first-order valence-corrected chi connectivity index (χ1v) is 11.6. The minimum Gasteiger partial charge on any atom is -0.376 e. The molecular weight excluding hydrogens is 523 g/mol. The van der Waals surface area contributed by atoms with Crippen LogP contribution in [0, 0.1) is 0 Å². The topological polar surface area (TPSA) is 74.8 Å². The van der Waals surface area contributed by atoms with Gasteiger partial charge in [0.15, 0.2) is 5.96 Å². The van der Waals surface area contributed by atoms with Crippen LogP contribution in [-0.4, -0.2) is 37.7 Å². The molecule has 0 saturated carbocycles. The van der Waals surface area contributed by atoms with Gasteiger partial charge in [-0.3, -0.25) is 4.79 Å². The van der Waals surface area contributed by atoms with Crippen molar-refractivity contribution in [3.8, 4) is 0 Å². The molecule has 6 nitrogen and oxygen atoms in total. The Labute approximate surface area is 206 Å². The molecule has 170 valence electrons. The lowest BCUT2D eigenvalue weighted by atomic mass is 10.1. The summed E-state index contributed by atoms with van der Waals surface area (Å²) >= 11 is 1.83. The molecule has 2 aromatic rings. The molecule has 0 spiro atoms. The van der Waals surface area contributed by atoms with Crippen LogP contribution in [0.4, 0.5) is 0 Å². The number of rotatable bonds is 9. The standard InChI is InChI=1S/C23H32N4O2S.HI/c1-3-20-10-11-21(30-20)16-27-23(24-4-2)26-14-17-7-5-8-18(13-17)22(28)25-15-19-9-6-12-29-19;/h5,7-8,10-11,13,19H,3-4,6,9,12,14-16H2,1-2H3,(H,25,28)(H2,24,26,27);1H. The fourth-order valence-electron chi connectivity index (χ4n) is 3.32. The summed E-state index contributed by atoms with van der Waals surface area (Å²) in [5.41, 5.74) is 1.66. The van der Waals surface area contributed by atoms with Crippen LogP contribution in [0.5, 0.6) is 0 Å². The van der Waals surface area contributed by atoms with Gasteiger partial charge in [0, 0.05) is 35.0 Å². The number of nitrogens with one attached hydrogen (secondary N) is 3. The third-order valence-corrected chi connectivity index (χ3v) is 6.19. The van der Waals surface area contributed by atoms with E-state index in [1.807, 2.05) is 35.6 Å². The number of carbonyl (C=O) groups is 1. The SMILES string of the molecule is CCNC(=NCc1cccc(C(=O)NCC2CCCO2)c1)NCc1ccc(CC)s1.I. The van der Waals surface area contributed by atoms with Gasteiger partial charge in [0.1, 0.15) is 0 Å². The van der Waals surface area contributed by atoms with E-state index in [1.165, 1.54) is 9.75 Å². The highest BCUT2D eigenvalue weighted by molar-refractivity contribution is 14.0. The van der Waals surface area contributed by atoms with Gasteiger partial charge in [-0.25, -0.2) is 4.99 Å². The number of halogens is 1. The maximum absolute atomic E-state index is 12.5. The van der Waals surface area contributed by atoms with Crippen molar-refractivity contribution in [1.82, 2.24) is 16.0 Å². The molecule has 1 aromatic heterocycles. The van der Waals surface area contributed by atoms with Gasteiger partial charge in [-0.15, -0.1) is 35.3 Å². The van der Waals surface area contributed by atoms with E-state index in [9.17, 15) is 4.79 Å². The van der Waals surface area contributed by atoms with Gasteiger partial charge in [-0.1, -0.05) is 19.1 Å². The highest BCUT2D eigenvalue weighted by Crippen LogP contribution is 2.16. The van der Waals surface area contributed by atoms with Crippen LogP contribution in [0.25, 0.3) is 0 Å². The van der Waals surface area contributed by atoms with Crippen molar-refractivity contribution in [2.75, 3.05) is 19.7 Å². The summed E-state index contributed by atoms with van der Waals surface area (Å²) in [5, 5.41) is 9.65. The lowest BCUT2D eigenvalue weighted by molar-refractivity contribution is 0.0857. The minimum absolute atomic E-state index is 0. The largest absolute Gasteiger partial charge is 0.376 e. The first-order chi connectivity index (χ1) is 14.7. The number of aryl methyl sites for hydroxylation is 1. The summed E-state index contributed by atoms with van der Waals surface area (Å²) in [7, 11) is 0. The van der Waals surface area contributed by atoms with E-state index in [0.717, 1.165) is 50.5 Å². The second-order valence-corrected chi connectivity index (χ2v) is 8.57. The normalized spacial score (nSPS) is 15.9. The van der Waals surface area contributed by atoms with E-state index < -0.39 is 0 Å². The summed E-state index contributed by atoms with van der Waals surface area (Å²) in [5.74, 6) is 0.711. The predicted molar refractivity (Wildman–Crippen MR) is 139 cm³/mol. The molecule has 31 heavy (non-hydrogen) atoms. The Morgan fingerprint density at radius 2 is 2.00 bits per heavy atom. The molecule has 1 amide bonds. The Kier molecular flexibility index (Phi) is 11.3. The second-order valence-electron chi connectivity index (χ2n) is 7.32. The number of aliphatic imine (C=N–C) groups is 1.